The lowest BCUT2D eigenvalue weighted by molar-refractivity contribution is 0.101. The molecule has 0 spiro atoms. The number of halogens is 2. The highest BCUT2D eigenvalue weighted by molar-refractivity contribution is 6.37. The molecule has 64 valence electrons. The molecule has 0 aliphatic rings. The molecular weight excluding hydrogens is 199 g/mol. The van der Waals surface area contributed by atoms with Gasteiger partial charge in [0, 0.05) is 16.7 Å². The molecule has 0 amide bonds. The second kappa shape index (κ2) is 3.33. The van der Waals surface area contributed by atoms with Crippen molar-refractivity contribution in [3.05, 3.63) is 27.7 Å². The van der Waals surface area contributed by atoms with Crippen LogP contribution in [0.15, 0.2) is 12.1 Å². The fourth-order valence-electron chi connectivity index (χ4n) is 0.831. The second-order valence-corrected chi connectivity index (χ2v) is 3.16. The number of phenols is 1. The van der Waals surface area contributed by atoms with E-state index in [4.69, 9.17) is 28.3 Å². The number of carbonyl (C=O) groups excluding carboxylic acids is 1. The van der Waals surface area contributed by atoms with E-state index in [2.05, 4.69) is 0 Å². The Hall–Kier alpha value is -0.730. The predicted octanol–water partition coefficient (Wildman–Crippen LogP) is 2.90. The molecule has 0 saturated carbocycles. The Morgan fingerprint density at radius 2 is 2.00 bits per heavy atom. The molecule has 0 atom stereocenters. The van der Waals surface area contributed by atoms with E-state index in [1.807, 2.05) is 0 Å². The molecule has 1 rings (SSSR count). The molecule has 0 aliphatic carbocycles. The Bertz CT molecular complexity index is 334. The number of aromatic hydroxyl groups is 1. The zero-order valence-corrected chi connectivity index (χ0v) is 7.78. The summed E-state index contributed by atoms with van der Waals surface area (Å²) in [5, 5.41) is 9.50. The highest BCUT2D eigenvalue weighted by Gasteiger charge is 2.10. The third kappa shape index (κ3) is 1.71. The molecular formula is C8H6Cl2O2. The summed E-state index contributed by atoms with van der Waals surface area (Å²) in [4.78, 5) is 10.9. The minimum absolute atomic E-state index is 0.0481. The number of ketones is 1. The summed E-state index contributed by atoms with van der Waals surface area (Å²) in [5.74, 6) is -0.396. The molecule has 0 saturated heterocycles. The van der Waals surface area contributed by atoms with E-state index in [9.17, 15) is 4.79 Å². The smallest absolute Gasteiger partial charge is 0.161 e. The van der Waals surface area contributed by atoms with Gasteiger partial charge in [-0.05, 0) is 13.0 Å². The first-order valence-electron chi connectivity index (χ1n) is 3.21. The molecule has 0 unspecified atom stereocenters. The third-order valence-corrected chi connectivity index (χ3v) is 2.01. The van der Waals surface area contributed by atoms with Crippen LogP contribution in [0.4, 0.5) is 0 Å². The van der Waals surface area contributed by atoms with Gasteiger partial charge in [-0.25, -0.2) is 0 Å². The summed E-state index contributed by atoms with van der Waals surface area (Å²) in [6.45, 7) is 1.36. The molecule has 12 heavy (non-hydrogen) atoms. The lowest BCUT2D eigenvalue weighted by atomic mass is 10.1. The van der Waals surface area contributed by atoms with Gasteiger partial charge < -0.3 is 5.11 Å². The Labute approximate surface area is 79.7 Å². The van der Waals surface area contributed by atoms with Crippen molar-refractivity contribution >= 4 is 29.0 Å². The monoisotopic (exact) mass is 204 g/mol. The normalized spacial score (nSPS) is 9.92. The van der Waals surface area contributed by atoms with E-state index in [0.29, 0.717) is 5.02 Å². The van der Waals surface area contributed by atoms with Crippen LogP contribution in [-0.2, 0) is 0 Å². The summed E-state index contributed by atoms with van der Waals surface area (Å²) in [6.07, 6.45) is 0. The fourth-order valence-corrected chi connectivity index (χ4v) is 1.29. The van der Waals surface area contributed by atoms with Gasteiger partial charge in [-0.1, -0.05) is 23.2 Å². The van der Waals surface area contributed by atoms with Gasteiger partial charge in [0.1, 0.15) is 5.75 Å². The van der Waals surface area contributed by atoms with E-state index < -0.39 is 0 Å². The largest absolute Gasteiger partial charge is 0.506 e. The van der Waals surface area contributed by atoms with Crippen molar-refractivity contribution in [3.63, 3.8) is 0 Å². The van der Waals surface area contributed by atoms with Crippen molar-refractivity contribution in [3.8, 4) is 5.75 Å². The summed E-state index contributed by atoms with van der Waals surface area (Å²) < 4.78 is 0. The standard InChI is InChI=1S/C8H6Cl2O2/c1-4(11)6-2-5(9)3-7(12)8(6)10/h2-3,12H,1H3. The van der Waals surface area contributed by atoms with Crippen LogP contribution in [0.25, 0.3) is 0 Å². The van der Waals surface area contributed by atoms with Crippen LogP contribution in [0.5, 0.6) is 5.75 Å². The number of carbonyl (C=O) groups is 1. The predicted molar refractivity (Wildman–Crippen MR) is 48.1 cm³/mol. The quantitative estimate of drug-likeness (QED) is 0.715. The molecule has 0 aliphatic heterocycles. The zero-order valence-electron chi connectivity index (χ0n) is 6.27. The van der Waals surface area contributed by atoms with E-state index in [-0.39, 0.29) is 22.1 Å². The maximum Gasteiger partial charge on any atom is 0.161 e. The van der Waals surface area contributed by atoms with Crippen molar-refractivity contribution in [2.45, 2.75) is 6.92 Å². The summed E-state index contributed by atoms with van der Waals surface area (Å²) in [5.41, 5.74) is 0.238. The van der Waals surface area contributed by atoms with Crippen molar-refractivity contribution in [1.82, 2.24) is 0 Å². The van der Waals surface area contributed by atoms with Gasteiger partial charge in [-0.3, -0.25) is 4.79 Å². The number of Topliss-reactive ketones (excluding diaryl/α,β-unsaturated/α-hetero) is 1. The Kier molecular flexibility index (Phi) is 2.60. The minimum atomic E-state index is -0.224. The number of phenolic OH excluding ortho intramolecular Hbond substituents is 1. The number of hydrogen-bond acceptors (Lipinski definition) is 2. The first-order chi connectivity index (χ1) is 5.52. The van der Waals surface area contributed by atoms with Crippen LogP contribution < -0.4 is 0 Å². The van der Waals surface area contributed by atoms with Gasteiger partial charge >= 0.3 is 0 Å². The molecule has 0 bridgehead atoms. The van der Waals surface area contributed by atoms with Crippen LogP contribution in [-0.4, -0.2) is 10.9 Å². The van der Waals surface area contributed by atoms with Gasteiger partial charge in [0.15, 0.2) is 5.78 Å². The number of benzene rings is 1. The average Bonchev–Trinajstić information content (AvgIpc) is 1.96. The molecule has 1 aromatic carbocycles. The summed E-state index contributed by atoms with van der Waals surface area (Å²) in [7, 11) is 0. The SMILES string of the molecule is CC(=O)c1cc(Cl)cc(O)c1Cl. The summed E-state index contributed by atoms with van der Waals surface area (Å²) >= 11 is 11.2. The Balaban J connectivity index is 3.37. The molecule has 2 nitrogen and oxygen atoms in total. The van der Waals surface area contributed by atoms with E-state index in [1.165, 1.54) is 19.1 Å². The van der Waals surface area contributed by atoms with Crippen LogP contribution in [0.2, 0.25) is 10.0 Å². The average molecular weight is 205 g/mol. The fraction of sp³-hybridized carbons (Fsp3) is 0.125. The maximum atomic E-state index is 10.9. The van der Waals surface area contributed by atoms with Crippen molar-refractivity contribution in [2.24, 2.45) is 0 Å². The molecule has 0 fully saturated rings. The first-order valence-corrected chi connectivity index (χ1v) is 3.97. The van der Waals surface area contributed by atoms with Crippen molar-refractivity contribution in [2.75, 3.05) is 0 Å². The zero-order chi connectivity index (χ0) is 9.30. The highest BCUT2D eigenvalue weighted by atomic mass is 35.5. The van der Waals surface area contributed by atoms with Gasteiger partial charge in [-0.2, -0.15) is 0 Å². The van der Waals surface area contributed by atoms with E-state index in [0.717, 1.165) is 0 Å². The van der Waals surface area contributed by atoms with Gasteiger partial charge in [0.05, 0.1) is 5.02 Å². The molecule has 1 N–H and O–H groups in total. The highest BCUT2D eigenvalue weighted by Crippen LogP contribution is 2.30. The molecule has 0 aromatic heterocycles. The maximum absolute atomic E-state index is 10.9. The van der Waals surface area contributed by atoms with Gasteiger partial charge in [0.2, 0.25) is 0 Å². The van der Waals surface area contributed by atoms with Gasteiger partial charge in [-0.15, -0.1) is 0 Å². The van der Waals surface area contributed by atoms with Crippen LogP contribution >= 0.6 is 23.2 Å². The molecule has 0 radical (unpaired) electrons. The molecule has 0 heterocycles. The Morgan fingerprint density at radius 1 is 1.42 bits per heavy atom. The third-order valence-electron chi connectivity index (χ3n) is 1.40. The van der Waals surface area contributed by atoms with Crippen LogP contribution in [0.3, 0.4) is 0 Å². The minimum Gasteiger partial charge on any atom is -0.506 e. The lowest BCUT2D eigenvalue weighted by Gasteiger charge is -2.02. The number of rotatable bonds is 1. The summed E-state index contributed by atoms with van der Waals surface area (Å²) in [6, 6.07) is 2.71. The Morgan fingerprint density at radius 3 is 2.50 bits per heavy atom. The van der Waals surface area contributed by atoms with Crippen molar-refractivity contribution < 1.29 is 9.90 Å². The topological polar surface area (TPSA) is 37.3 Å². The molecule has 4 heteroatoms. The van der Waals surface area contributed by atoms with Gasteiger partial charge in [0.25, 0.3) is 0 Å². The van der Waals surface area contributed by atoms with Crippen LogP contribution in [0.1, 0.15) is 17.3 Å². The number of hydrogen-bond donors (Lipinski definition) is 1. The van der Waals surface area contributed by atoms with Crippen molar-refractivity contribution in [1.29, 1.82) is 0 Å². The second-order valence-electron chi connectivity index (χ2n) is 2.34. The first kappa shape index (κ1) is 9.36. The lowest BCUT2D eigenvalue weighted by Crippen LogP contribution is -1.93. The van der Waals surface area contributed by atoms with E-state index >= 15 is 0 Å². The van der Waals surface area contributed by atoms with Crippen LogP contribution in [0, 0.1) is 0 Å². The molecule has 1 aromatic rings. The van der Waals surface area contributed by atoms with E-state index in [1.54, 1.807) is 0 Å².